The summed E-state index contributed by atoms with van der Waals surface area (Å²) >= 11 is 0. The summed E-state index contributed by atoms with van der Waals surface area (Å²) < 4.78 is 87.5. The zero-order chi connectivity index (χ0) is 29.5. The molecule has 2 atom stereocenters. The van der Waals surface area contributed by atoms with Crippen LogP contribution in [-0.2, 0) is 22.3 Å². The van der Waals surface area contributed by atoms with E-state index >= 15 is 0 Å². The van der Waals surface area contributed by atoms with Crippen LogP contribution in [0.1, 0.15) is 57.4 Å². The van der Waals surface area contributed by atoms with Gasteiger partial charge in [0, 0.05) is 30.8 Å². The highest BCUT2D eigenvalue weighted by molar-refractivity contribution is 5.97. The first kappa shape index (κ1) is 28.4. The minimum absolute atomic E-state index is 0.0478. The van der Waals surface area contributed by atoms with Crippen LogP contribution in [0.25, 0.3) is 0 Å². The third-order valence-electron chi connectivity index (χ3n) is 7.16. The third-order valence-corrected chi connectivity index (χ3v) is 7.16. The normalized spacial score (nSPS) is 20.0. The lowest BCUT2D eigenvalue weighted by Crippen LogP contribution is -2.44. The number of rotatable bonds is 5. The van der Waals surface area contributed by atoms with E-state index in [4.69, 9.17) is 4.74 Å². The lowest BCUT2D eigenvalue weighted by Gasteiger charge is -2.34. The number of carbonyl (C=O) groups excluding carboxylic acids is 2. The van der Waals surface area contributed by atoms with Crippen LogP contribution >= 0.6 is 0 Å². The maximum atomic E-state index is 13.8. The van der Waals surface area contributed by atoms with Crippen LogP contribution in [-0.4, -0.2) is 57.5 Å². The van der Waals surface area contributed by atoms with Crippen LogP contribution in [0.4, 0.5) is 38.0 Å². The Morgan fingerprint density at radius 2 is 1.78 bits per heavy atom. The summed E-state index contributed by atoms with van der Waals surface area (Å²) in [6.45, 7) is 0.117. The van der Waals surface area contributed by atoms with Gasteiger partial charge in [0.1, 0.15) is 30.3 Å². The van der Waals surface area contributed by atoms with Crippen LogP contribution < -0.4 is 10.2 Å². The first-order valence-corrected chi connectivity index (χ1v) is 12.5. The maximum Gasteiger partial charge on any atom is 0.418 e. The Labute approximate surface area is 228 Å². The van der Waals surface area contributed by atoms with E-state index in [1.165, 1.54) is 0 Å². The van der Waals surface area contributed by atoms with Crippen molar-refractivity contribution in [1.82, 2.24) is 15.2 Å². The van der Waals surface area contributed by atoms with Gasteiger partial charge in [0.25, 0.3) is 5.91 Å². The summed E-state index contributed by atoms with van der Waals surface area (Å²) in [4.78, 5) is 30.1. The number of aromatic amines is 1. The molecule has 15 heteroatoms. The molecule has 0 saturated carbocycles. The lowest BCUT2D eigenvalue weighted by molar-refractivity contribution is -0.177. The number of hydrogen-bond donors (Lipinski definition) is 3. The number of alkyl halides is 6. The quantitative estimate of drug-likeness (QED) is 0.298. The molecule has 1 aromatic carbocycles. The number of esters is 1. The Morgan fingerprint density at radius 3 is 2.41 bits per heavy atom. The molecule has 41 heavy (non-hydrogen) atoms. The number of benzene rings is 1. The summed E-state index contributed by atoms with van der Waals surface area (Å²) in [6, 6.07) is 9.43. The van der Waals surface area contributed by atoms with Crippen molar-refractivity contribution in [3.8, 4) is 0 Å². The van der Waals surface area contributed by atoms with E-state index in [1.54, 1.807) is 35.2 Å². The topological polar surface area (TPSA) is 120 Å². The molecule has 0 aliphatic carbocycles. The molecule has 0 spiro atoms. The molecule has 2 aromatic heterocycles. The molecule has 3 aromatic rings. The molecule has 3 N–H and O–H groups in total. The van der Waals surface area contributed by atoms with Crippen molar-refractivity contribution in [2.45, 2.75) is 49.7 Å². The Bertz CT molecular complexity index is 1430. The number of aliphatic hydroxyl groups excluding tert-OH is 1. The Morgan fingerprint density at radius 1 is 1.10 bits per heavy atom. The van der Waals surface area contributed by atoms with Crippen molar-refractivity contribution < 1.29 is 45.8 Å². The van der Waals surface area contributed by atoms with E-state index in [1.807, 2.05) is 0 Å². The average molecular weight is 583 g/mol. The number of piperidine rings is 1. The number of nitrogens with one attached hydrogen (secondary N) is 2. The van der Waals surface area contributed by atoms with Gasteiger partial charge in [0.2, 0.25) is 0 Å². The number of carbonyl (C=O) groups is 2. The van der Waals surface area contributed by atoms with Crippen molar-refractivity contribution in [2.24, 2.45) is 0 Å². The molecule has 2 aliphatic rings. The molecule has 218 valence electrons. The number of halogens is 6. The summed E-state index contributed by atoms with van der Waals surface area (Å²) in [6.07, 6.45) is -11.1. The number of fused-ring (bicyclic) bond motifs is 1. The number of H-pyrrole nitrogens is 1. The molecule has 5 rings (SSSR count). The summed E-state index contributed by atoms with van der Waals surface area (Å²) in [7, 11) is 0. The van der Waals surface area contributed by atoms with E-state index in [-0.39, 0.29) is 55.4 Å². The van der Waals surface area contributed by atoms with Gasteiger partial charge in [-0.1, -0.05) is 30.3 Å². The van der Waals surface area contributed by atoms with Crippen molar-refractivity contribution in [3.63, 3.8) is 0 Å². The number of aromatic nitrogens is 3. The summed E-state index contributed by atoms with van der Waals surface area (Å²) in [5, 5.41) is 18.6. The van der Waals surface area contributed by atoms with E-state index in [9.17, 15) is 41.0 Å². The minimum Gasteiger partial charge on any atom is -0.457 e. The van der Waals surface area contributed by atoms with E-state index in [0.29, 0.717) is 11.8 Å². The van der Waals surface area contributed by atoms with Gasteiger partial charge in [-0.05, 0) is 24.5 Å². The third kappa shape index (κ3) is 5.71. The first-order valence-electron chi connectivity index (χ1n) is 12.5. The molecule has 4 heterocycles. The zero-order valence-corrected chi connectivity index (χ0v) is 21.1. The molecular formula is C26H23F6N5O4. The number of aliphatic hydroxyl groups is 1. The standard InChI is InChI=1S/C26H23F6N5O4/c27-25(28,29)16-11-33-17(10-15(16)24(40)41-12-13-4-2-1-3-5-13)37-8-6-14(7-9-37)20-18-19(26(30,31)32)21(38)23(39)34-22(18)36-35-20/h1-5,10-11,14,19,21,38H,6-9,12H2,(H2,34,35,36,39)/t19-,21-/m1/s1. The van der Waals surface area contributed by atoms with Crippen LogP contribution in [0, 0.1) is 0 Å². The van der Waals surface area contributed by atoms with Gasteiger partial charge in [-0.25, -0.2) is 9.78 Å². The highest BCUT2D eigenvalue weighted by Crippen LogP contribution is 2.47. The predicted octanol–water partition coefficient (Wildman–Crippen LogP) is 4.52. The lowest BCUT2D eigenvalue weighted by atomic mass is 9.83. The molecule has 2 aliphatic heterocycles. The van der Waals surface area contributed by atoms with E-state index in [2.05, 4.69) is 20.5 Å². The highest BCUT2D eigenvalue weighted by atomic mass is 19.4. The summed E-state index contributed by atoms with van der Waals surface area (Å²) in [5.41, 5.74) is -1.66. The van der Waals surface area contributed by atoms with Crippen molar-refractivity contribution in [2.75, 3.05) is 23.3 Å². The van der Waals surface area contributed by atoms with Crippen LogP contribution in [0.2, 0.25) is 0 Å². The smallest absolute Gasteiger partial charge is 0.418 e. The van der Waals surface area contributed by atoms with Gasteiger partial charge in [-0.3, -0.25) is 9.89 Å². The molecule has 0 bridgehead atoms. The van der Waals surface area contributed by atoms with Gasteiger partial charge in [0.05, 0.1) is 16.8 Å². The molecule has 1 amide bonds. The number of anilines is 2. The average Bonchev–Trinajstić information content (AvgIpc) is 3.34. The predicted molar refractivity (Wildman–Crippen MR) is 131 cm³/mol. The van der Waals surface area contributed by atoms with Gasteiger partial charge >= 0.3 is 18.3 Å². The van der Waals surface area contributed by atoms with Gasteiger partial charge < -0.3 is 20.1 Å². The second-order valence-electron chi connectivity index (χ2n) is 9.76. The number of pyridine rings is 1. The van der Waals surface area contributed by atoms with E-state index in [0.717, 1.165) is 6.07 Å². The van der Waals surface area contributed by atoms with E-state index < -0.39 is 53.3 Å². The molecule has 0 radical (unpaired) electrons. The molecule has 1 fully saturated rings. The maximum absolute atomic E-state index is 13.8. The highest BCUT2D eigenvalue weighted by Gasteiger charge is 2.54. The number of hydrogen-bond acceptors (Lipinski definition) is 7. The molecular weight excluding hydrogens is 560 g/mol. The number of amides is 1. The van der Waals surface area contributed by atoms with Crippen LogP contribution in [0.3, 0.4) is 0 Å². The Balaban J connectivity index is 1.34. The SMILES string of the molecule is O=C(OCc1ccccc1)c1cc(N2CCC(c3n[nH]c4c3[C@@H](C(F)(F)F)[C@@H](O)C(=O)N4)CC2)ncc1C(F)(F)F. The second kappa shape index (κ2) is 10.7. The number of nitrogens with zero attached hydrogens (tertiary/aromatic N) is 3. The van der Waals surface area contributed by atoms with Crippen LogP contribution in [0.5, 0.6) is 0 Å². The molecule has 0 unspecified atom stereocenters. The zero-order valence-electron chi connectivity index (χ0n) is 21.1. The number of ether oxygens (including phenoxy) is 1. The fourth-order valence-electron chi connectivity index (χ4n) is 5.13. The fourth-order valence-corrected chi connectivity index (χ4v) is 5.13. The minimum atomic E-state index is -4.92. The van der Waals surface area contributed by atoms with Gasteiger partial charge in [0.15, 0.2) is 0 Å². The second-order valence-corrected chi connectivity index (χ2v) is 9.76. The molecule has 9 nitrogen and oxygen atoms in total. The van der Waals surface area contributed by atoms with Crippen LogP contribution in [0.15, 0.2) is 42.6 Å². The van der Waals surface area contributed by atoms with Crippen molar-refractivity contribution >= 4 is 23.5 Å². The van der Waals surface area contributed by atoms with Crippen molar-refractivity contribution in [3.05, 3.63) is 70.5 Å². The van der Waals surface area contributed by atoms with Crippen molar-refractivity contribution in [1.29, 1.82) is 0 Å². The largest absolute Gasteiger partial charge is 0.457 e. The molecule has 1 saturated heterocycles. The Kier molecular flexibility index (Phi) is 7.40. The summed E-state index contributed by atoms with van der Waals surface area (Å²) in [5.74, 6) is -5.51. The monoisotopic (exact) mass is 583 g/mol. The van der Waals surface area contributed by atoms with Gasteiger partial charge in [-0.2, -0.15) is 31.4 Å². The first-order chi connectivity index (χ1) is 19.3. The Hall–Kier alpha value is -4.14. The van der Waals surface area contributed by atoms with Gasteiger partial charge in [-0.15, -0.1) is 0 Å². The fraction of sp³-hybridized carbons (Fsp3) is 0.385.